The van der Waals surface area contributed by atoms with Gasteiger partial charge in [-0.1, -0.05) is 36.4 Å². The Morgan fingerprint density at radius 3 is 2.57 bits per heavy atom. The molecular weight excluding hydrogens is 260 g/mol. The van der Waals surface area contributed by atoms with Crippen LogP contribution in [0.5, 0.6) is 5.75 Å². The minimum atomic E-state index is 0.278. The average molecular weight is 282 g/mol. The number of hydrogen-bond acceptors (Lipinski definition) is 3. The van der Waals surface area contributed by atoms with E-state index in [9.17, 15) is 5.11 Å². The van der Waals surface area contributed by atoms with Crippen LogP contribution in [-0.4, -0.2) is 36.2 Å². The second-order valence-corrected chi connectivity index (χ2v) is 6.53. The molecule has 2 aliphatic rings. The molecule has 0 aromatic heterocycles. The molecule has 3 nitrogen and oxygen atoms in total. The van der Waals surface area contributed by atoms with E-state index in [1.165, 1.54) is 0 Å². The number of nitrogens with zero attached hydrogens (tertiary/aromatic N) is 1. The highest BCUT2D eigenvalue weighted by atomic mass is 16.3. The van der Waals surface area contributed by atoms with Crippen LogP contribution in [0.2, 0.25) is 0 Å². The van der Waals surface area contributed by atoms with Crippen LogP contribution in [0, 0.1) is 11.8 Å². The fraction of sp³-hybridized carbons (Fsp3) is 0.444. The summed E-state index contributed by atoms with van der Waals surface area (Å²) >= 11 is 0. The Morgan fingerprint density at radius 1 is 1.10 bits per heavy atom. The molecule has 2 fully saturated rings. The van der Waals surface area contributed by atoms with Crippen LogP contribution in [0.1, 0.15) is 18.5 Å². The number of fused-ring (bicyclic) bond motifs is 2. The molecule has 0 bridgehead atoms. The SMILES string of the molecule is CC(c1ccc2ccccc2c1O)N1CC2CNCC2C1. The average Bonchev–Trinajstić information content (AvgIpc) is 3.08. The third-order valence-electron chi connectivity index (χ3n) is 5.35. The number of phenols is 1. The second kappa shape index (κ2) is 5.00. The van der Waals surface area contributed by atoms with Gasteiger partial charge in [0.15, 0.2) is 0 Å². The predicted molar refractivity (Wildman–Crippen MR) is 85.5 cm³/mol. The molecule has 4 rings (SSSR count). The normalized spacial score (nSPS) is 27.1. The van der Waals surface area contributed by atoms with Crippen LogP contribution in [0.4, 0.5) is 0 Å². The first-order valence-electron chi connectivity index (χ1n) is 7.89. The molecule has 0 spiro atoms. The van der Waals surface area contributed by atoms with Crippen molar-refractivity contribution in [3.63, 3.8) is 0 Å². The number of benzene rings is 2. The highest BCUT2D eigenvalue weighted by molar-refractivity contribution is 5.89. The quantitative estimate of drug-likeness (QED) is 0.889. The summed E-state index contributed by atoms with van der Waals surface area (Å²) < 4.78 is 0. The van der Waals surface area contributed by atoms with Gasteiger partial charge >= 0.3 is 0 Å². The Bertz CT molecular complexity index is 657. The molecule has 2 aromatic rings. The van der Waals surface area contributed by atoms with Crippen molar-refractivity contribution in [2.45, 2.75) is 13.0 Å². The number of phenolic OH excluding ortho intramolecular Hbond substituents is 1. The van der Waals surface area contributed by atoms with Crippen molar-refractivity contribution in [1.29, 1.82) is 0 Å². The van der Waals surface area contributed by atoms with Gasteiger partial charge in [0.2, 0.25) is 0 Å². The van der Waals surface area contributed by atoms with Crippen LogP contribution < -0.4 is 5.32 Å². The topological polar surface area (TPSA) is 35.5 Å². The first-order valence-corrected chi connectivity index (χ1v) is 7.89. The Morgan fingerprint density at radius 2 is 1.81 bits per heavy atom. The van der Waals surface area contributed by atoms with Gasteiger partial charge in [-0.3, -0.25) is 4.90 Å². The zero-order valence-corrected chi connectivity index (χ0v) is 12.4. The van der Waals surface area contributed by atoms with Crippen LogP contribution in [0.25, 0.3) is 10.8 Å². The van der Waals surface area contributed by atoms with Gasteiger partial charge < -0.3 is 10.4 Å². The number of rotatable bonds is 2. The molecule has 0 saturated carbocycles. The summed E-state index contributed by atoms with van der Waals surface area (Å²) in [5, 5.41) is 16.2. The molecule has 3 unspecified atom stereocenters. The lowest BCUT2D eigenvalue weighted by atomic mass is 10.00. The Hall–Kier alpha value is -1.58. The zero-order chi connectivity index (χ0) is 14.4. The molecule has 0 aliphatic carbocycles. The van der Waals surface area contributed by atoms with E-state index in [0.717, 1.165) is 54.4 Å². The number of aromatic hydroxyl groups is 1. The monoisotopic (exact) mass is 282 g/mol. The lowest BCUT2D eigenvalue weighted by molar-refractivity contribution is 0.240. The molecule has 2 N–H and O–H groups in total. The van der Waals surface area contributed by atoms with Gasteiger partial charge in [-0.25, -0.2) is 0 Å². The molecular formula is C18H22N2O. The van der Waals surface area contributed by atoms with Crippen molar-refractivity contribution in [3.05, 3.63) is 42.0 Å². The van der Waals surface area contributed by atoms with E-state index in [4.69, 9.17) is 0 Å². The summed E-state index contributed by atoms with van der Waals surface area (Å²) in [5.41, 5.74) is 1.06. The Kier molecular flexibility index (Phi) is 3.12. The second-order valence-electron chi connectivity index (χ2n) is 6.53. The standard InChI is InChI=1S/C18H22N2O/c1-12(20-10-14-8-19-9-15(14)11-20)16-7-6-13-4-2-3-5-17(13)18(16)21/h2-7,12,14-15,19,21H,8-11H2,1H3. The molecule has 0 radical (unpaired) electrons. The summed E-state index contributed by atoms with van der Waals surface area (Å²) in [6.07, 6.45) is 0. The number of likely N-dealkylation sites (tertiary alicyclic amines) is 1. The van der Waals surface area contributed by atoms with Crippen LogP contribution in [0.15, 0.2) is 36.4 Å². The van der Waals surface area contributed by atoms with E-state index < -0.39 is 0 Å². The third-order valence-corrected chi connectivity index (χ3v) is 5.35. The van der Waals surface area contributed by atoms with Gasteiger partial charge in [0.1, 0.15) is 5.75 Å². The van der Waals surface area contributed by atoms with Crippen molar-refractivity contribution < 1.29 is 5.11 Å². The van der Waals surface area contributed by atoms with Gasteiger partial charge in [-0.15, -0.1) is 0 Å². The molecule has 3 heteroatoms. The largest absolute Gasteiger partial charge is 0.507 e. The van der Waals surface area contributed by atoms with E-state index in [1.807, 2.05) is 18.2 Å². The van der Waals surface area contributed by atoms with Crippen molar-refractivity contribution >= 4 is 10.8 Å². The van der Waals surface area contributed by atoms with Gasteiger partial charge in [0, 0.05) is 30.1 Å². The van der Waals surface area contributed by atoms with Crippen LogP contribution in [0.3, 0.4) is 0 Å². The van der Waals surface area contributed by atoms with E-state index in [0.29, 0.717) is 5.75 Å². The molecule has 2 aliphatic heterocycles. The summed E-state index contributed by atoms with van der Waals surface area (Å²) in [4.78, 5) is 2.53. The molecule has 0 amide bonds. The Balaban J connectivity index is 1.65. The zero-order valence-electron chi connectivity index (χ0n) is 12.4. The summed E-state index contributed by atoms with van der Waals surface area (Å²) in [6, 6.07) is 12.6. The minimum Gasteiger partial charge on any atom is -0.507 e. The maximum atomic E-state index is 10.6. The number of nitrogens with one attached hydrogen (secondary N) is 1. The summed E-state index contributed by atoms with van der Waals surface area (Å²) in [7, 11) is 0. The lowest BCUT2D eigenvalue weighted by Crippen LogP contribution is -2.28. The Labute approximate surface area is 125 Å². The summed E-state index contributed by atoms with van der Waals surface area (Å²) in [5.74, 6) is 2.03. The third kappa shape index (κ3) is 2.12. The molecule has 21 heavy (non-hydrogen) atoms. The van der Waals surface area contributed by atoms with E-state index in [-0.39, 0.29) is 6.04 Å². The smallest absolute Gasteiger partial charge is 0.128 e. The highest BCUT2D eigenvalue weighted by Crippen LogP contribution is 2.38. The van der Waals surface area contributed by atoms with Gasteiger partial charge in [0.25, 0.3) is 0 Å². The van der Waals surface area contributed by atoms with Crippen molar-refractivity contribution in [3.8, 4) is 5.75 Å². The molecule has 2 heterocycles. The van der Waals surface area contributed by atoms with Crippen molar-refractivity contribution in [2.24, 2.45) is 11.8 Å². The van der Waals surface area contributed by atoms with E-state index in [1.54, 1.807) is 0 Å². The van der Waals surface area contributed by atoms with Gasteiger partial charge in [-0.2, -0.15) is 0 Å². The fourth-order valence-corrected chi connectivity index (χ4v) is 4.01. The lowest BCUT2D eigenvalue weighted by Gasteiger charge is -2.26. The van der Waals surface area contributed by atoms with E-state index in [2.05, 4.69) is 35.3 Å². The fourth-order valence-electron chi connectivity index (χ4n) is 4.01. The van der Waals surface area contributed by atoms with Gasteiger partial charge in [-0.05, 0) is 37.2 Å². The van der Waals surface area contributed by atoms with Crippen LogP contribution in [-0.2, 0) is 0 Å². The highest BCUT2D eigenvalue weighted by Gasteiger charge is 2.38. The van der Waals surface area contributed by atoms with Crippen molar-refractivity contribution in [1.82, 2.24) is 10.2 Å². The first kappa shape index (κ1) is 13.1. The molecule has 2 aromatic carbocycles. The maximum Gasteiger partial charge on any atom is 0.128 e. The van der Waals surface area contributed by atoms with Crippen LogP contribution >= 0.6 is 0 Å². The van der Waals surface area contributed by atoms with E-state index >= 15 is 0 Å². The summed E-state index contributed by atoms with van der Waals surface area (Å²) in [6.45, 7) is 6.81. The van der Waals surface area contributed by atoms with Gasteiger partial charge in [0.05, 0.1) is 0 Å². The molecule has 110 valence electrons. The predicted octanol–water partition coefficient (Wildman–Crippen LogP) is 2.76. The first-order chi connectivity index (χ1) is 10.2. The molecule has 3 atom stereocenters. The molecule has 2 saturated heterocycles. The minimum absolute atomic E-state index is 0.278. The maximum absolute atomic E-state index is 10.6. The van der Waals surface area contributed by atoms with Crippen molar-refractivity contribution in [2.75, 3.05) is 26.2 Å². The number of hydrogen-bond donors (Lipinski definition) is 2.